The van der Waals surface area contributed by atoms with Gasteiger partial charge in [-0.05, 0) is 0 Å². The molecule has 38 heavy (non-hydrogen) atoms. The Labute approximate surface area is 223 Å². The number of carbonyl (C=O) groups is 2. The zero-order valence-corrected chi connectivity index (χ0v) is 22.7. The van der Waals surface area contributed by atoms with Crippen molar-refractivity contribution >= 4 is 21.5 Å². The lowest BCUT2D eigenvalue weighted by atomic mass is 10.2. The van der Waals surface area contributed by atoms with Gasteiger partial charge in [-0.3, -0.25) is 9.59 Å². The molecule has 0 aliphatic carbocycles. The lowest BCUT2D eigenvalue weighted by Crippen LogP contribution is -2.39. The lowest BCUT2D eigenvalue weighted by Gasteiger charge is -2.27. The van der Waals surface area contributed by atoms with Crippen LogP contribution in [0, 0.1) is 5.92 Å². The lowest BCUT2D eigenvalue weighted by molar-refractivity contribution is -0.250. The highest BCUT2D eigenvalue weighted by atomic mass is 31.1. The molecule has 0 aliphatic rings. The molecule has 0 saturated carbocycles. The van der Waals surface area contributed by atoms with E-state index in [1.807, 2.05) is 0 Å². The molecule has 0 saturated heterocycles. The minimum absolute atomic E-state index is 0.0601. The van der Waals surface area contributed by atoms with Gasteiger partial charge in [0, 0.05) is 19.6 Å². The molecule has 15 nitrogen and oxygen atoms in total. The molecule has 0 aromatic rings. The number of ether oxygens (including phenoxy) is 7. The number of aliphatic hydroxyl groups excluding tert-OH is 5. The van der Waals surface area contributed by atoms with Crippen molar-refractivity contribution in [3.8, 4) is 0 Å². The van der Waals surface area contributed by atoms with E-state index >= 15 is 0 Å². The van der Waals surface area contributed by atoms with E-state index in [4.69, 9.17) is 48.5 Å². The number of hydrogen-bond acceptors (Lipinski definition) is 14. The minimum Gasteiger partial charge on any atom is -0.481 e. The Balaban J connectivity index is 0. The summed E-state index contributed by atoms with van der Waals surface area (Å²) in [6.45, 7) is -1.45. The van der Waals surface area contributed by atoms with Gasteiger partial charge in [0.2, 0.25) is 0 Å². The first-order valence-electron chi connectivity index (χ1n) is 11.5. The van der Waals surface area contributed by atoms with Crippen molar-refractivity contribution in [3.63, 3.8) is 0 Å². The van der Waals surface area contributed by atoms with Crippen LogP contribution in [0.5, 0.6) is 0 Å². The molecular formula is C21H42FO15P. The maximum Gasteiger partial charge on any atom is 0.306 e. The molecule has 7 unspecified atom stereocenters. The van der Waals surface area contributed by atoms with Gasteiger partial charge in [-0.15, -0.1) is 0 Å². The van der Waals surface area contributed by atoms with Gasteiger partial charge in [0.15, 0.2) is 18.9 Å². The Morgan fingerprint density at radius 2 is 1.21 bits per heavy atom. The average Bonchev–Trinajstić information content (AvgIpc) is 2.94. The van der Waals surface area contributed by atoms with Crippen LogP contribution >= 0.6 is 9.55 Å². The van der Waals surface area contributed by atoms with Crippen LogP contribution in [0.4, 0.5) is 4.20 Å². The molecule has 0 radical (unpaired) electrons. The van der Waals surface area contributed by atoms with E-state index in [2.05, 4.69) is 0 Å². The van der Waals surface area contributed by atoms with Crippen LogP contribution in [-0.2, 0) is 42.7 Å². The van der Waals surface area contributed by atoms with Gasteiger partial charge in [0.1, 0.15) is 18.8 Å². The van der Waals surface area contributed by atoms with Crippen LogP contribution in [0.15, 0.2) is 0 Å². The van der Waals surface area contributed by atoms with E-state index in [0.717, 1.165) is 9.55 Å². The molecule has 6 N–H and O–H groups in total. The summed E-state index contributed by atoms with van der Waals surface area (Å²) in [5.41, 5.74) is 0. The molecule has 0 bridgehead atoms. The average molecular weight is 585 g/mol. The Bertz CT molecular complexity index is 573. The standard InChI is InChI=1S/C21H40O15.FH2P/c1-14(5-22)10-32-20(8-25)36-16(12-31-18(29)4-3-17(27)28)13-34-21(9-26)35-15(6-23)11-33-19(7-24)30-2;1-2/h14-16,19-26H,3-13H2,1-2H3,(H,27,28);2H2. The van der Waals surface area contributed by atoms with Gasteiger partial charge in [0.25, 0.3) is 0 Å². The molecule has 0 rings (SSSR count). The summed E-state index contributed by atoms with van der Waals surface area (Å²) in [5.74, 6) is -2.21. The highest BCUT2D eigenvalue weighted by Gasteiger charge is 2.24. The second-order valence-corrected chi connectivity index (χ2v) is 7.64. The van der Waals surface area contributed by atoms with E-state index in [-0.39, 0.29) is 38.8 Å². The molecule has 228 valence electrons. The quantitative estimate of drug-likeness (QED) is 0.0418. The van der Waals surface area contributed by atoms with Crippen molar-refractivity contribution in [2.24, 2.45) is 5.92 Å². The summed E-state index contributed by atoms with van der Waals surface area (Å²) in [7, 11) is 2.23. The predicted octanol–water partition coefficient (Wildman–Crippen LogP) is -1.82. The fourth-order valence-electron chi connectivity index (χ4n) is 2.38. The normalized spacial score (nSPS) is 15.9. The number of carboxylic acid groups (broad SMARTS) is 1. The molecule has 17 heteroatoms. The zero-order chi connectivity index (χ0) is 29.3. The monoisotopic (exact) mass is 584 g/mol. The van der Waals surface area contributed by atoms with E-state index in [9.17, 15) is 29.1 Å². The smallest absolute Gasteiger partial charge is 0.306 e. The molecule has 0 spiro atoms. The Morgan fingerprint density at radius 1 is 0.711 bits per heavy atom. The minimum atomic E-state index is -1.27. The van der Waals surface area contributed by atoms with Gasteiger partial charge in [0.05, 0.1) is 68.6 Å². The third-order valence-corrected chi connectivity index (χ3v) is 4.39. The second-order valence-electron chi connectivity index (χ2n) is 7.64. The molecule has 0 aromatic heterocycles. The summed E-state index contributed by atoms with van der Waals surface area (Å²) in [6, 6.07) is 0. The van der Waals surface area contributed by atoms with Gasteiger partial charge >= 0.3 is 11.9 Å². The number of carbonyl (C=O) groups excluding carboxylic acids is 1. The van der Waals surface area contributed by atoms with Crippen LogP contribution < -0.4 is 0 Å². The van der Waals surface area contributed by atoms with Crippen molar-refractivity contribution in [3.05, 3.63) is 0 Å². The van der Waals surface area contributed by atoms with Crippen molar-refractivity contribution in [2.75, 3.05) is 66.6 Å². The number of aliphatic hydroxyl groups is 5. The number of aliphatic carboxylic acids is 1. The van der Waals surface area contributed by atoms with Gasteiger partial charge in [-0.2, -0.15) is 0 Å². The van der Waals surface area contributed by atoms with E-state index in [0.29, 0.717) is 0 Å². The Morgan fingerprint density at radius 3 is 1.68 bits per heavy atom. The van der Waals surface area contributed by atoms with Crippen molar-refractivity contribution in [1.82, 2.24) is 0 Å². The van der Waals surface area contributed by atoms with Gasteiger partial charge in [-0.25, -0.2) is 4.20 Å². The molecule has 0 heterocycles. The summed E-state index contributed by atoms with van der Waals surface area (Å²) in [6.07, 6.45) is -6.14. The third-order valence-electron chi connectivity index (χ3n) is 4.39. The number of esters is 1. The van der Waals surface area contributed by atoms with Crippen LogP contribution in [-0.4, -0.2) is 140 Å². The molecule has 7 atom stereocenters. The Hall–Kier alpha value is -1.14. The number of hydrogen-bond donors (Lipinski definition) is 6. The van der Waals surface area contributed by atoms with Crippen LogP contribution in [0.25, 0.3) is 0 Å². The van der Waals surface area contributed by atoms with Crippen molar-refractivity contribution < 1.29 is 77.6 Å². The summed E-state index contributed by atoms with van der Waals surface area (Å²) in [5, 5.41) is 55.5. The summed E-state index contributed by atoms with van der Waals surface area (Å²) >= 11 is 0. The number of methoxy groups -OCH3 is 1. The highest BCUT2D eigenvalue weighted by Crippen LogP contribution is 2.10. The first-order valence-corrected chi connectivity index (χ1v) is 12.0. The van der Waals surface area contributed by atoms with E-state index in [1.54, 1.807) is 6.92 Å². The number of halogens is 1. The molecule has 0 aromatic carbocycles. The second kappa shape index (κ2) is 26.1. The topological polar surface area (TPSA) is 220 Å². The fourth-order valence-corrected chi connectivity index (χ4v) is 2.38. The van der Waals surface area contributed by atoms with Crippen molar-refractivity contribution in [2.45, 2.75) is 50.8 Å². The zero-order valence-electron chi connectivity index (χ0n) is 21.6. The first kappa shape index (κ1) is 39.0. The van der Waals surface area contributed by atoms with Crippen molar-refractivity contribution in [1.29, 1.82) is 0 Å². The SMILES string of the molecule is COC(CO)OCC(CO)OC(CO)OCC(COC(=O)CCC(=O)O)OC(CO)OCC(C)CO.FP. The third kappa shape index (κ3) is 20.8. The fraction of sp³-hybridized carbons (Fsp3) is 0.905. The maximum atomic E-state index is 11.8. The van der Waals surface area contributed by atoms with Crippen LogP contribution in [0.3, 0.4) is 0 Å². The van der Waals surface area contributed by atoms with Gasteiger partial charge < -0.3 is 63.8 Å². The Kier molecular flexibility index (Phi) is 26.8. The van der Waals surface area contributed by atoms with Gasteiger partial charge in [-0.1, -0.05) is 6.92 Å². The molecular weight excluding hydrogens is 542 g/mol. The highest BCUT2D eigenvalue weighted by molar-refractivity contribution is 7.09. The summed E-state index contributed by atoms with van der Waals surface area (Å²) in [4.78, 5) is 22.4. The maximum absolute atomic E-state index is 11.8. The number of rotatable bonds is 24. The van der Waals surface area contributed by atoms with E-state index in [1.165, 1.54) is 7.11 Å². The molecule has 0 fully saturated rings. The predicted molar refractivity (Wildman–Crippen MR) is 129 cm³/mol. The number of carboxylic acids is 1. The van der Waals surface area contributed by atoms with Crippen LogP contribution in [0.2, 0.25) is 0 Å². The molecule has 0 aliphatic heterocycles. The van der Waals surface area contributed by atoms with E-state index < -0.39 is 82.5 Å². The first-order chi connectivity index (χ1) is 18.2. The van der Waals surface area contributed by atoms with Crippen LogP contribution in [0.1, 0.15) is 19.8 Å². The largest absolute Gasteiger partial charge is 0.481 e. The summed E-state index contributed by atoms with van der Waals surface area (Å²) < 4.78 is 46.3. The molecule has 0 amide bonds.